The maximum atomic E-state index is 11.2. The highest BCUT2D eigenvalue weighted by Gasteiger charge is 2.03. The molecule has 0 aromatic heterocycles. The largest absolute Gasteiger partial charge is 0.353 e. The van der Waals surface area contributed by atoms with Crippen molar-refractivity contribution in [3.63, 3.8) is 0 Å². The molecule has 88 valence electrons. The number of urea groups is 1. The molecule has 0 aliphatic rings. The van der Waals surface area contributed by atoms with Crippen LogP contribution < -0.4 is 21.7 Å². The molecule has 0 fully saturated rings. The number of nitrogens with two attached hydrogens (primary N) is 1. The Morgan fingerprint density at radius 2 is 2.00 bits per heavy atom. The van der Waals surface area contributed by atoms with Gasteiger partial charge in [0.25, 0.3) is 0 Å². The summed E-state index contributed by atoms with van der Waals surface area (Å²) in [7, 11) is 0. The molecule has 6 heteroatoms. The van der Waals surface area contributed by atoms with Crippen molar-refractivity contribution in [2.75, 3.05) is 19.6 Å². The van der Waals surface area contributed by atoms with Crippen molar-refractivity contribution >= 4 is 11.9 Å². The molecule has 0 saturated carbocycles. The minimum Gasteiger partial charge on any atom is -0.353 e. The highest BCUT2D eigenvalue weighted by atomic mass is 16.2. The Balaban J connectivity index is 3.35. The predicted molar refractivity (Wildman–Crippen MR) is 58.4 cm³/mol. The minimum absolute atomic E-state index is 0.0385. The SMILES string of the molecule is CCC(C)NC(=O)CNCCNC(N)=O. The predicted octanol–water partition coefficient (Wildman–Crippen LogP) is -0.841. The molecule has 3 amide bonds. The van der Waals surface area contributed by atoms with Crippen LogP contribution in [0, 0.1) is 0 Å². The minimum atomic E-state index is -0.555. The molecule has 0 bridgehead atoms. The third kappa shape index (κ3) is 9.01. The van der Waals surface area contributed by atoms with E-state index in [9.17, 15) is 9.59 Å². The third-order valence-corrected chi connectivity index (χ3v) is 1.91. The highest BCUT2D eigenvalue weighted by Crippen LogP contribution is 1.86. The van der Waals surface area contributed by atoms with Gasteiger partial charge in [-0.15, -0.1) is 0 Å². The zero-order chi connectivity index (χ0) is 11.7. The fourth-order valence-corrected chi connectivity index (χ4v) is 0.904. The van der Waals surface area contributed by atoms with E-state index in [1.165, 1.54) is 0 Å². The van der Waals surface area contributed by atoms with Gasteiger partial charge in [-0.05, 0) is 13.3 Å². The van der Waals surface area contributed by atoms with E-state index in [0.29, 0.717) is 13.1 Å². The van der Waals surface area contributed by atoms with E-state index < -0.39 is 6.03 Å². The summed E-state index contributed by atoms with van der Waals surface area (Å²) >= 11 is 0. The van der Waals surface area contributed by atoms with E-state index in [2.05, 4.69) is 16.0 Å². The Hall–Kier alpha value is -1.30. The molecular weight excluding hydrogens is 196 g/mol. The number of hydrogen-bond donors (Lipinski definition) is 4. The van der Waals surface area contributed by atoms with Crippen LogP contribution in [0.2, 0.25) is 0 Å². The fraction of sp³-hybridized carbons (Fsp3) is 0.778. The van der Waals surface area contributed by atoms with Crippen LogP contribution in [0.1, 0.15) is 20.3 Å². The summed E-state index contributed by atoms with van der Waals surface area (Å²) in [6.45, 7) is 5.16. The molecule has 1 unspecified atom stereocenters. The molecule has 0 rings (SSSR count). The highest BCUT2D eigenvalue weighted by molar-refractivity contribution is 5.78. The summed E-state index contributed by atoms with van der Waals surface area (Å²) < 4.78 is 0. The molecule has 1 atom stereocenters. The standard InChI is InChI=1S/C9H20N4O2/c1-3-7(2)13-8(14)6-11-4-5-12-9(10)15/h7,11H,3-6H2,1-2H3,(H,13,14)(H3,10,12,15). The van der Waals surface area contributed by atoms with Crippen LogP contribution in [0.25, 0.3) is 0 Å². The van der Waals surface area contributed by atoms with E-state index >= 15 is 0 Å². The number of hydrogen-bond acceptors (Lipinski definition) is 3. The number of amides is 3. The van der Waals surface area contributed by atoms with Crippen LogP contribution in [0.4, 0.5) is 4.79 Å². The van der Waals surface area contributed by atoms with Gasteiger partial charge in [-0.2, -0.15) is 0 Å². The number of carbonyl (C=O) groups excluding carboxylic acids is 2. The topological polar surface area (TPSA) is 96.2 Å². The first kappa shape index (κ1) is 13.7. The average molecular weight is 216 g/mol. The van der Waals surface area contributed by atoms with Gasteiger partial charge < -0.3 is 21.7 Å². The Morgan fingerprint density at radius 1 is 1.33 bits per heavy atom. The van der Waals surface area contributed by atoms with E-state index in [-0.39, 0.29) is 18.5 Å². The Labute approximate surface area is 90.0 Å². The molecule has 0 aromatic carbocycles. The number of carbonyl (C=O) groups is 2. The first-order valence-corrected chi connectivity index (χ1v) is 5.09. The third-order valence-electron chi connectivity index (χ3n) is 1.91. The van der Waals surface area contributed by atoms with Crippen LogP contribution in [-0.2, 0) is 4.79 Å². The monoisotopic (exact) mass is 216 g/mol. The van der Waals surface area contributed by atoms with Crippen LogP contribution >= 0.6 is 0 Å². The maximum absolute atomic E-state index is 11.2. The summed E-state index contributed by atoms with van der Waals surface area (Å²) in [6.07, 6.45) is 0.912. The second kappa shape index (κ2) is 8.05. The molecule has 0 radical (unpaired) electrons. The first-order chi connectivity index (χ1) is 7.06. The molecule has 15 heavy (non-hydrogen) atoms. The van der Waals surface area contributed by atoms with E-state index in [4.69, 9.17) is 5.73 Å². The van der Waals surface area contributed by atoms with Crippen molar-refractivity contribution in [1.82, 2.24) is 16.0 Å². The van der Waals surface area contributed by atoms with Crippen molar-refractivity contribution in [2.24, 2.45) is 5.73 Å². The molecule has 5 N–H and O–H groups in total. The van der Waals surface area contributed by atoms with Crippen LogP contribution in [0.5, 0.6) is 0 Å². The molecule has 0 aromatic rings. The number of nitrogens with one attached hydrogen (secondary N) is 3. The van der Waals surface area contributed by atoms with Crippen molar-refractivity contribution < 1.29 is 9.59 Å². The number of primary amides is 1. The van der Waals surface area contributed by atoms with Gasteiger partial charge >= 0.3 is 6.03 Å². The zero-order valence-corrected chi connectivity index (χ0v) is 9.30. The average Bonchev–Trinajstić information content (AvgIpc) is 2.16. The smallest absolute Gasteiger partial charge is 0.312 e. The summed E-state index contributed by atoms with van der Waals surface area (Å²) in [4.78, 5) is 21.5. The molecule has 0 heterocycles. The Kier molecular flexibility index (Phi) is 7.35. The molecular formula is C9H20N4O2. The van der Waals surface area contributed by atoms with Crippen molar-refractivity contribution in [3.05, 3.63) is 0 Å². The fourth-order valence-electron chi connectivity index (χ4n) is 0.904. The molecule has 0 spiro atoms. The van der Waals surface area contributed by atoms with Gasteiger partial charge in [-0.3, -0.25) is 4.79 Å². The van der Waals surface area contributed by atoms with Crippen LogP contribution in [-0.4, -0.2) is 37.6 Å². The van der Waals surface area contributed by atoms with E-state index in [0.717, 1.165) is 6.42 Å². The lowest BCUT2D eigenvalue weighted by Gasteiger charge is -2.11. The summed E-state index contributed by atoms with van der Waals surface area (Å²) in [5.74, 6) is -0.0385. The quantitative estimate of drug-likeness (QED) is 0.418. The van der Waals surface area contributed by atoms with Crippen LogP contribution in [0.15, 0.2) is 0 Å². The van der Waals surface area contributed by atoms with Gasteiger partial charge in [0.2, 0.25) is 5.91 Å². The second-order valence-corrected chi connectivity index (χ2v) is 3.34. The second-order valence-electron chi connectivity index (χ2n) is 3.34. The van der Waals surface area contributed by atoms with Crippen LogP contribution in [0.3, 0.4) is 0 Å². The molecule has 6 nitrogen and oxygen atoms in total. The normalized spacial score (nSPS) is 11.9. The van der Waals surface area contributed by atoms with Gasteiger partial charge in [0, 0.05) is 19.1 Å². The van der Waals surface area contributed by atoms with E-state index in [1.807, 2.05) is 13.8 Å². The van der Waals surface area contributed by atoms with Gasteiger partial charge in [-0.25, -0.2) is 4.79 Å². The van der Waals surface area contributed by atoms with Crippen molar-refractivity contribution in [3.8, 4) is 0 Å². The van der Waals surface area contributed by atoms with Gasteiger partial charge in [0.15, 0.2) is 0 Å². The van der Waals surface area contributed by atoms with E-state index in [1.54, 1.807) is 0 Å². The van der Waals surface area contributed by atoms with Gasteiger partial charge in [0.1, 0.15) is 0 Å². The molecule has 0 aliphatic carbocycles. The summed E-state index contributed by atoms with van der Waals surface area (Å²) in [5.41, 5.74) is 4.86. The maximum Gasteiger partial charge on any atom is 0.312 e. The van der Waals surface area contributed by atoms with Crippen molar-refractivity contribution in [2.45, 2.75) is 26.3 Å². The summed E-state index contributed by atoms with van der Waals surface area (Å²) in [5, 5.41) is 8.12. The number of rotatable bonds is 7. The lowest BCUT2D eigenvalue weighted by Crippen LogP contribution is -2.41. The Bertz CT molecular complexity index is 208. The summed E-state index contributed by atoms with van der Waals surface area (Å²) in [6, 6.07) is -0.357. The van der Waals surface area contributed by atoms with Crippen molar-refractivity contribution in [1.29, 1.82) is 0 Å². The lowest BCUT2D eigenvalue weighted by molar-refractivity contribution is -0.120. The molecule has 0 saturated heterocycles. The zero-order valence-electron chi connectivity index (χ0n) is 9.30. The lowest BCUT2D eigenvalue weighted by atomic mass is 10.2. The van der Waals surface area contributed by atoms with Gasteiger partial charge in [-0.1, -0.05) is 6.92 Å². The first-order valence-electron chi connectivity index (χ1n) is 5.09. The van der Waals surface area contributed by atoms with Gasteiger partial charge in [0.05, 0.1) is 6.54 Å². The molecule has 0 aliphatic heterocycles. The Morgan fingerprint density at radius 3 is 2.53 bits per heavy atom.